The Hall–Kier alpha value is -1.79. The van der Waals surface area contributed by atoms with E-state index in [9.17, 15) is 9.59 Å². The predicted molar refractivity (Wildman–Crippen MR) is 76.5 cm³/mol. The van der Waals surface area contributed by atoms with Crippen LogP contribution in [0.25, 0.3) is 0 Å². The van der Waals surface area contributed by atoms with Crippen LogP contribution in [0, 0.1) is 0 Å². The number of carboxylic acids is 1. The number of carbonyl (C=O) groups is 2. The van der Waals surface area contributed by atoms with Crippen molar-refractivity contribution in [3.8, 4) is 0 Å². The molecule has 1 atom stereocenters. The van der Waals surface area contributed by atoms with Gasteiger partial charge in [0.05, 0.1) is 28.9 Å². The number of aromatic carboxylic acids is 1. The monoisotopic (exact) mass is 300 g/mol. The number of rotatable bonds is 6. The van der Waals surface area contributed by atoms with Crippen LogP contribution in [0.4, 0.5) is 10.5 Å². The van der Waals surface area contributed by atoms with Gasteiger partial charge < -0.3 is 20.5 Å². The number of amides is 2. The van der Waals surface area contributed by atoms with Gasteiger partial charge in [-0.1, -0.05) is 11.6 Å². The third kappa shape index (κ3) is 5.07. The van der Waals surface area contributed by atoms with E-state index < -0.39 is 12.0 Å². The zero-order valence-electron chi connectivity index (χ0n) is 11.3. The maximum atomic E-state index is 11.7. The smallest absolute Gasteiger partial charge is 0.335 e. The van der Waals surface area contributed by atoms with E-state index in [-0.39, 0.29) is 22.3 Å². The SMILES string of the molecule is CCOCC(C)NC(=O)Nc1cc(C(=O)O)ccc1Cl. The molecule has 1 unspecified atom stereocenters. The van der Waals surface area contributed by atoms with Crippen LogP contribution in [0.15, 0.2) is 18.2 Å². The minimum atomic E-state index is -1.09. The molecule has 3 N–H and O–H groups in total. The number of halogens is 1. The van der Waals surface area contributed by atoms with Crippen LogP contribution in [0.2, 0.25) is 5.02 Å². The first-order chi connectivity index (χ1) is 9.43. The van der Waals surface area contributed by atoms with Crippen LogP contribution in [0.1, 0.15) is 24.2 Å². The number of nitrogens with one attached hydrogen (secondary N) is 2. The molecule has 2 amide bonds. The van der Waals surface area contributed by atoms with Gasteiger partial charge in [0.1, 0.15) is 0 Å². The van der Waals surface area contributed by atoms with Crippen molar-refractivity contribution in [2.75, 3.05) is 18.5 Å². The highest BCUT2D eigenvalue weighted by Crippen LogP contribution is 2.23. The molecule has 110 valence electrons. The predicted octanol–water partition coefficient (Wildman–Crippen LogP) is 2.58. The highest BCUT2D eigenvalue weighted by molar-refractivity contribution is 6.33. The lowest BCUT2D eigenvalue weighted by atomic mass is 10.2. The topological polar surface area (TPSA) is 87.7 Å². The van der Waals surface area contributed by atoms with E-state index in [1.165, 1.54) is 18.2 Å². The van der Waals surface area contributed by atoms with Crippen molar-refractivity contribution in [1.29, 1.82) is 0 Å². The van der Waals surface area contributed by atoms with Gasteiger partial charge in [0, 0.05) is 6.61 Å². The number of anilines is 1. The maximum absolute atomic E-state index is 11.7. The molecule has 0 fully saturated rings. The van der Waals surface area contributed by atoms with Gasteiger partial charge >= 0.3 is 12.0 Å². The molecule has 0 aromatic heterocycles. The van der Waals surface area contributed by atoms with Crippen LogP contribution in [-0.4, -0.2) is 36.4 Å². The Morgan fingerprint density at radius 2 is 2.15 bits per heavy atom. The summed E-state index contributed by atoms with van der Waals surface area (Å²) in [5.74, 6) is -1.09. The third-order valence-electron chi connectivity index (χ3n) is 2.41. The lowest BCUT2D eigenvalue weighted by Crippen LogP contribution is -2.38. The number of urea groups is 1. The van der Waals surface area contributed by atoms with E-state index in [1.807, 2.05) is 6.92 Å². The molecule has 7 heteroatoms. The lowest BCUT2D eigenvalue weighted by molar-refractivity contribution is 0.0697. The summed E-state index contributed by atoms with van der Waals surface area (Å²) in [6.45, 7) is 4.63. The fourth-order valence-electron chi connectivity index (χ4n) is 1.47. The Bertz CT molecular complexity index is 493. The van der Waals surface area contributed by atoms with Gasteiger partial charge in [0.15, 0.2) is 0 Å². The highest BCUT2D eigenvalue weighted by atomic mass is 35.5. The van der Waals surface area contributed by atoms with Crippen LogP contribution in [0.3, 0.4) is 0 Å². The average molecular weight is 301 g/mol. The summed E-state index contributed by atoms with van der Waals surface area (Å²) in [7, 11) is 0. The Balaban J connectivity index is 2.65. The summed E-state index contributed by atoms with van der Waals surface area (Å²) in [5.41, 5.74) is 0.291. The van der Waals surface area contributed by atoms with E-state index >= 15 is 0 Å². The van der Waals surface area contributed by atoms with Gasteiger partial charge in [0.2, 0.25) is 0 Å². The fourth-order valence-corrected chi connectivity index (χ4v) is 1.64. The van der Waals surface area contributed by atoms with E-state index in [4.69, 9.17) is 21.4 Å². The van der Waals surface area contributed by atoms with Crippen molar-refractivity contribution in [2.24, 2.45) is 0 Å². The number of hydrogen-bond acceptors (Lipinski definition) is 3. The van der Waals surface area contributed by atoms with Crippen molar-refractivity contribution in [1.82, 2.24) is 5.32 Å². The zero-order valence-corrected chi connectivity index (χ0v) is 12.0. The minimum absolute atomic E-state index is 0.0482. The Morgan fingerprint density at radius 1 is 1.45 bits per heavy atom. The number of benzene rings is 1. The molecule has 1 aromatic carbocycles. The van der Waals surface area contributed by atoms with Crippen molar-refractivity contribution in [2.45, 2.75) is 19.9 Å². The third-order valence-corrected chi connectivity index (χ3v) is 2.74. The van der Waals surface area contributed by atoms with Gasteiger partial charge in [-0.2, -0.15) is 0 Å². The Kier molecular flexibility index (Phi) is 6.27. The zero-order chi connectivity index (χ0) is 15.1. The molecule has 0 aliphatic carbocycles. The molecule has 20 heavy (non-hydrogen) atoms. The number of carboxylic acid groups (broad SMARTS) is 1. The second-order valence-electron chi connectivity index (χ2n) is 4.16. The molecule has 0 spiro atoms. The maximum Gasteiger partial charge on any atom is 0.335 e. The van der Waals surface area contributed by atoms with Crippen molar-refractivity contribution >= 4 is 29.3 Å². The standard InChI is InChI=1S/C13H17ClN2O4/c1-3-20-7-8(2)15-13(19)16-11-6-9(12(17)18)4-5-10(11)14/h4-6,8H,3,7H2,1-2H3,(H,17,18)(H2,15,16,19). The summed E-state index contributed by atoms with van der Waals surface area (Å²) in [5, 5.41) is 14.3. The van der Waals surface area contributed by atoms with Crippen LogP contribution >= 0.6 is 11.6 Å². The normalized spacial score (nSPS) is 11.8. The molecule has 0 saturated carbocycles. The molecular formula is C13H17ClN2O4. The summed E-state index contributed by atoms with van der Waals surface area (Å²) in [4.78, 5) is 22.6. The Morgan fingerprint density at radius 3 is 2.75 bits per heavy atom. The quantitative estimate of drug-likeness (QED) is 0.753. The number of carbonyl (C=O) groups excluding carboxylic acids is 1. The Labute approximate surface area is 122 Å². The first kappa shape index (κ1) is 16.3. The lowest BCUT2D eigenvalue weighted by Gasteiger charge is -2.15. The second-order valence-corrected chi connectivity index (χ2v) is 4.57. The largest absolute Gasteiger partial charge is 0.478 e. The van der Waals surface area contributed by atoms with E-state index in [2.05, 4.69) is 10.6 Å². The molecule has 0 aliphatic rings. The highest BCUT2D eigenvalue weighted by Gasteiger charge is 2.11. The summed E-state index contributed by atoms with van der Waals surface area (Å²) in [6, 6.07) is 3.45. The minimum Gasteiger partial charge on any atom is -0.478 e. The number of ether oxygens (including phenoxy) is 1. The van der Waals surface area contributed by atoms with E-state index in [0.717, 1.165) is 0 Å². The molecule has 6 nitrogen and oxygen atoms in total. The average Bonchev–Trinajstić information content (AvgIpc) is 2.38. The van der Waals surface area contributed by atoms with Crippen LogP contribution in [-0.2, 0) is 4.74 Å². The molecule has 1 rings (SSSR count). The van der Waals surface area contributed by atoms with Gasteiger partial charge in [-0.3, -0.25) is 0 Å². The second kappa shape index (κ2) is 7.72. The van der Waals surface area contributed by atoms with Crippen LogP contribution < -0.4 is 10.6 Å². The molecule has 0 radical (unpaired) electrons. The van der Waals surface area contributed by atoms with Gasteiger partial charge in [0.25, 0.3) is 0 Å². The van der Waals surface area contributed by atoms with Gasteiger partial charge in [-0.15, -0.1) is 0 Å². The van der Waals surface area contributed by atoms with Gasteiger partial charge in [-0.25, -0.2) is 9.59 Å². The molecule has 0 heterocycles. The molecule has 0 saturated heterocycles. The number of hydrogen-bond donors (Lipinski definition) is 3. The van der Waals surface area contributed by atoms with Crippen molar-refractivity contribution < 1.29 is 19.4 Å². The summed E-state index contributed by atoms with van der Waals surface area (Å²) >= 11 is 5.91. The molecule has 1 aromatic rings. The van der Waals surface area contributed by atoms with Crippen molar-refractivity contribution in [3.05, 3.63) is 28.8 Å². The summed E-state index contributed by atoms with van der Waals surface area (Å²) < 4.78 is 5.17. The van der Waals surface area contributed by atoms with Gasteiger partial charge in [-0.05, 0) is 32.0 Å². The summed E-state index contributed by atoms with van der Waals surface area (Å²) in [6.07, 6.45) is 0. The molecular weight excluding hydrogens is 284 g/mol. The van der Waals surface area contributed by atoms with E-state index in [0.29, 0.717) is 13.2 Å². The van der Waals surface area contributed by atoms with Crippen molar-refractivity contribution in [3.63, 3.8) is 0 Å². The van der Waals surface area contributed by atoms with E-state index in [1.54, 1.807) is 6.92 Å². The first-order valence-electron chi connectivity index (χ1n) is 6.12. The molecule has 0 bridgehead atoms. The fraction of sp³-hybridized carbons (Fsp3) is 0.385. The molecule has 0 aliphatic heterocycles. The first-order valence-corrected chi connectivity index (χ1v) is 6.50. The van der Waals surface area contributed by atoms with Crippen LogP contribution in [0.5, 0.6) is 0 Å².